The molecular weight excluding hydrogens is 408 g/mol. The van der Waals surface area contributed by atoms with Gasteiger partial charge in [0.25, 0.3) is 17.4 Å². The van der Waals surface area contributed by atoms with Crippen molar-refractivity contribution in [2.45, 2.75) is 13.8 Å². The van der Waals surface area contributed by atoms with Crippen LogP contribution in [-0.2, 0) is 0 Å². The molecule has 2 aromatic heterocycles. The first-order valence-electron chi connectivity index (χ1n) is 8.87. The number of benzene rings is 1. The van der Waals surface area contributed by atoms with E-state index in [0.717, 1.165) is 10.7 Å². The van der Waals surface area contributed by atoms with Gasteiger partial charge in [-0.05, 0) is 26.0 Å². The number of aryl methyl sites for hydroxylation is 1. The van der Waals surface area contributed by atoms with Crippen molar-refractivity contribution in [1.29, 1.82) is 0 Å². The van der Waals surface area contributed by atoms with Crippen LogP contribution in [0.1, 0.15) is 43.9 Å². The molecule has 2 amide bonds. The number of aromatic hydroxyl groups is 1. The zero-order valence-electron chi connectivity index (χ0n) is 16.8. The number of nitrogens with two attached hydrogens (primary N) is 1. The van der Waals surface area contributed by atoms with Crippen LogP contribution in [0.15, 0.2) is 39.5 Å². The Morgan fingerprint density at radius 1 is 1.23 bits per heavy atom. The third kappa shape index (κ3) is 3.88. The summed E-state index contributed by atoms with van der Waals surface area (Å²) in [5, 5.41) is 16.3. The van der Waals surface area contributed by atoms with Gasteiger partial charge in [-0.1, -0.05) is 12.1 Å². The van der Waals surface area contributed by atoms with E-state index in [1.807, 2.05) is 0 Å². The normalized spacial score (nSPS) is 10.5. The number of carbonyl (C=O) groups is 3. The maximum atomic E-state index is 12.8. The molecule has 0 fully saturated rings. The summed E-state index contributed by atoms with van der Waals surface area (Å²) in [6, 6.07) is 7.24. The quantitative estimate of drug-likeness (QED) is 0.497. The smallest absolute Gasteiger partial charge is 0.282 e. The minimum absolute atomic E-state index is 0.0704. The second kappa shape index (κ2) is 8.14. The second-order valence-corrected chi connectivity index (χ2v) is 6.41. The number of rotatable bonds is 6. The molecule has 0 spiro atoms. The Labute approximate surface area is 175 Å². The predicted octanol–water partition coefficient (Wildman–Crippen LogP) is 1.40. The van der Waals surface area contributed by atoms with Gasteiger partial charge in [0, 0.05) is 6.07 Å². The predicted molar refractivity (Wildman–Crippen MR) is 108 cm³/mol. The highest BCUT2D eigenvalue weighted by atomic mass is 16.5. The summed E-state index contributed by atoms with van der Waals surface area (Å²) in [5.74, 6) is -3.19. The minimum atomic E-state index is -1.01. The molecule has 160 valence electrons. The Hall–Kier alpha value is -4.41. The van der Waals surface area contributed by atoms with Gasteiger partial charge in [0.05, 0.1) is 12.7 Å². The highest BCUT2D eigenvalue weighted by Gasteiger charge is 2.28. The summed E-state index contributed by atoms with van der Waals surface area (Å²) in [6.45, 7) is 2.64. The van der Waals surface area contributed by atoms with E-state index in [-0.39, 0.29) is 28.5 Å². The van der Waals surface area contributed by atoms with Crippen LogP contribution in [0.2, 0.25) is 0 Å². The fourth-order valence-corrected chi connectivity index (χ4v) is 3.04. The molecule has 3 rings (SSSR count). The van der Waals surface area contributed by atoms with Gasteiger partial charge in [0.15, 0.2) is 17.2 Å². The molecular formula is C20H18N4O7. The van der Waals surface area contributed by atoms with Crippen molar-refractivity contribution in [2.24, 2.45) is 5.73 Å². The van der Waals surface area contributed by atoms with E-state index < -0.39 is 34.6 Å². The van der Waals surface area contributed by atoms with Crippen LogP contribution in [0.25, 0.3) is 5.69 Å². The van der Waals surface area contributed by atoms with Crippen molar-refractivity contribution in [3.05, 3.63) is 63.3 Å². The molecule has 1 aromatic carbocycles. The number of aromatic nitrogens is 2. The number of hydrogen-bond donors (Lipinski definition) is 3. The minimum Gasteiger partial charge on any atom is -0.505 e. The van der Waals surface area contributed by atoms with Crippen molar-refractivity contribution in [2.75, 3.05) is 12.4 Å². The van der Waals surface area contributed by atoms with Crippen LogP contribution in [0, 0.1) is 6.92 Å². The Kier molecular flexibility index (Phi) is 5.60. The van der Waals surface area contributed by atoms with Crippen molar-refractivity contribution >= 4 is 23.5 Å². The highest BCUT2D eigenvalue weighted by Crippen LogP contribution is 2.28. The lowest BCUT2D eigenvalue weighted by molar-refractivity contribution is 0.0973. The molecule has 2 heterocycles. The third-order valence-electron chi connectivity index (χ3n) is 4.35. The summed E-state index contributed by atoms with van der Waals surface area (Å²) in [4.78, 5) is 48.8. The zero-order chi connectivity index (χ0) is 22.9. The number of methoxy groups -OCH3 is 1. The van der Waals surface area contributed by atoms with E-state index in [2.05, 4.69) is 10.4 Å². The van der Waals surface area contributed by atoms with Crippen molar-refractivity contribution in [3.63, 3.8) is 0 Å². The van der Waals surface area contributed by atoms with Crippen LogP contribution in [0.3, 0.4) is 0 Å². The maximum Gasteiger partial charge on any atom is 0.282 e. The van der Waals surface area contributed by atoms with Crippen LogP contribution in [0.4, 0.5) is 5.88 Å². The van der Waals surface area contributed by atoms with Crippen molar-refractivity contribution in [3.8, 4) is 17.2 Å². The number of amides is 2. The van der Waals surface area contributed by atoms with Gasteiger partial charge in [-0.3, -0.25) is 24.5 Å². The van der Waals surface area contributed by atoms with Crippen LogP contribution < -0.4 is 21.3 Å². The van der Waals surface area contributed by atoms with Gasteiger partial charge in [0.1, 0.15) is 22.8 Å². The molecule has 31 heavy (non-hydrogen) atoms. The van der Waals surface area contributed by atoms with E-state index in [1.165, 1.54) is 27.0 Å². The number of Topliss-reactive ketones (excluding diaryl/α,β-unsaturated/α-hetero) is 1. The molecule has 0 radical (unpaired) electrons. The Morgan fingerprint density at radius 3 is 2.52 bits per heavy atom. The summed E-state index contributed by atoms with van der Waals surface area (Å²) >= 11 is 0. The van der Waals surface area contributed by atoms with Crippen LogP contribution in [-0.4, -0.2) is 39.6 Å². The van der Waals surface area contributed by atoms with Crippen molar-refractivity contribution < 1.29 is 28.6 Å². The fourth-order valence-electron chi connectivity index (χ4n) is 3.04. The summed E-state index contributed by atoms with van der Waals surface area (Å²) in [5.41, 5.74) is 3.93. The molecule has 3 aromatic rings. The average molecular weight is 426 g/mol. The van der Waals surface area contributed by atoms with Crippen LogP contribution >= 0.6 is 0 Å². The van der Waals surface area contributed by atoms with E-state index >= 15 is 0 Å². The van der Waals surface area contributed by atoms with Crippen molar-refractivity contribution in [1.82, 2.24) is 9.78 Å². The Balaban J connectivity index is 2.08. The first-order chi connectivity index (χ1) is 14.6. The topological polar surface area (TPSA) is 167 Å². The van der Waals surface area contributed by atoms with Gasteiger partial charge in [-0.15, -0.1) is 0 Å². The first-order valence-corrected chi connectivity index (χ1v) is 8.87. The number of para-hydroxylation sites is 2. The Bertz CT molecular complexity index is 1270. The lowest BCUT2D eigenvalue weighted by atomic mass is 10.1. The molecule has 0 aliphatic rings. The standard InChI is InChI=1S/C20H18N4O7/c1-9(25)15-10(2)31-20(16(15)18(21)28)22-19(29)17-12(26)8-14(27)24(23-17)11-6-4-5-7-13(11)30-3/h4-8,26H,1-3H3,(H2,21,28)(H,22,29). The van der Waals surface area contributed by atoms with Gasteiger partial charge in [-0.2, -0.15) is 9.78 Å². The molecule has 0 unspecified atom stereocenters. The van der Waals surface area contributed by atoms with Crippen LogP contribution in [0.5, 0.6) is 11.5 Å². The molecule has 0 atom stereocenters. The van der Waals surface area contributed by atoms with E-state index in [0.29, 0.717) is 5.75 Å². The zero-order valence-corrected chi connectivity index (χ0v) is 16.8. The SMILES string of the molecule is COc1ccccc1-n1nc(C(=O)Nc2oc(C)c(C(C)=O)c2C(N)=O)c(O)cc1=O. The molecule has 0 bridgehead atoms. The highest BCUT2D eigenvalue weighted by molar-refractivity contribution is 6.13. The number of furan rings is 1. The molecule has 0 saturated heterocycles. The number of ether oxygens (including phenoxy) is 1. The van der Waals surface area contributed by atoms with E-state index in [1.54, 1.807) is 18.2 Å². The fraction of sp³-hybridized carbons (Fsp3) is 0.150. The molecule has 4 N–H and O–H groups in total. The molecule has 0 aliphatic carbocycles. The summed E-state index contributed by atoms with van der Waals surface area (Å²) in [6.07, 6.45) is 0. The largest absolute Gasteiger partial charge is 0.505 e. The molecule has 11 heteroatoms. The molecule has 0 aliphatic heterocycles. The maximum absolute atomic E-state index is 12.8. The van der Waals surface area contributed by atoms with Gasteiger partial charge < -0.3 is 20.0 Å². The number of anilines is 1. The lowest BCUT2D eigenvalue weighted by Gasteiger charge is -2.11. The summed E-state index contributed by atoms with van der Waals surface area (Å²) < 4.78 is 11.4. The van der Waals surface area contributed by atoms with E-state index in [4.69, 9.17) is 14.9 Å². The number of carbonyl (C=O) groups excluding carboxylic acids is 3. The number of primary amides is 1. The number of ketones is 1. The van der Waals surface area contributed by atoms with E-state index in [9.17, 15) is 24.3 Å². The van der Waals surface area contributed by atoms with Gasteiger partial charge >= 0.3 is 0 Å². The first kappa shape index (κ1) is 21.3. The number of nitrogens with zero attached hydrogens (tertiary/aromatic N) is 2. The third-order valence-corrected chi connectivity index (χ3v) is 4.35. The summed E-state index contributed by atoms with van der Waals surface area (Å²) in [7, 11) is 1.40. The average Bonchev–Trinajstić information content (AvgIpc) is 3.04. The van der Waals surface area contributed by atoms with Gasteiger partial charge in [-0.25, -0.2) is 0 Å². The second-order valence-electron chi connectivity index (χ2n) is 6.41. The molecule has 0 saturated carbocycles. The number of hydrogen-bond acceptors (Lipinski definition) is 8. The monoisotopic (exact) mass is 426 g/mol. The lowest BCUT2D eigenvalue weighted by Crippen LogP contribution is -2.26. The Morgan fingerprint density at radius 2 is 1.90 bits per heavy atom. The molecule has 11 nitrogen and oxygen atoms in total. The number of nitrogens with one attached hydrogen (secondary N) is 1. The van der Waals surface area contributed by atoms with Gasteiger partial charge in [0.2, 0.25) is 5.88 Å².